The number of aromatic nitrogens is 2. The molecule has 0 aliphatic rings. The lowest BCUT2D eigenvalue weighted by molar-refractivity contribution is -0.142. The molecule has 2 amide bonds. The number of nitrogens with zero attached hydrogens (tertiary/aromatic N) is 3. The Kier molecular flexibility index (Phi) is 14.3. The first-order valence-corrected chi connectivity index (χ1v) is 18.4. The molecule has 10 nitrogen and oxygen atoms in total. The van der Waals surface area contributed by atoms with Crippen LogP contribution in [0.5, 0.6) is 5.75 Å². The van der Waals surface area contributed by atoms with E-state index < -0.39 is 24.0 Å². The molecular weight excluding hydrogens is 663 g/mol. The highest BCUT2D eigenvalue weighted by atomic mass is 32.1. The lowest BCUT2D eigenvalue weighted by Gasteiger charge is -2.23. The number of rotatable bonds is 18. The Morgan fingerprint density at radius 2 is 1.47 bits per heavy atom. The molecule has 4 aromatic rings. The van der Waals surface area contributed by atoms with Crippen molar-refractivity contribution >= 4 is 29.1 Å². The SMILES string of the molecule is CCCCCCCOc1ccc(-c2cnc(-c3ccc(CC(NC(=O)c4ccc(C(C)(C)C)s4)C(=O)NC(CN(C)C)C(=O)O)cc3)nc2)cc1. The van der Waals surface area contributed by atoms with Crippen LogP contribution in [0.3, 0.4) is 0 Å². The normalized spacial score (nSPS) is 12.7. The number of unbranched alkanes of at least 4 members (excludes halogenated alkanes) is 4. The number of nitrogens with one attached hydrogen (secondary N) is 2. The second-order valence-electron chi connectivity index (χ2n) is 14.1. The first-order valence-electron chi connectivity index (χ1n) is 17.6. The number of thiophene rings is 1. The van der Waals surface area contributed by atoms with Gasteiger partial charge in [-0.05, 0) is 61.3 Å². The molecule has 2 atom stereocenters. The summed E-state index contributed by atoms with van der Waals surface area (Å²) in [6.45, 7) is 9.25. The molecule has 0 aliphatic heterocycles. The molecule has 0 saturated carbocycles. The monoisotopic (exact) mass is 713 g/mol. The Labute approximate surface area is 305 Å². The van der Waals surface area contributed by atoms with Gasteiger partial charge in [0.25, 0.3) is 5.91 Å². The molecule has 3 N–H and O–H groups in total. The summed E-state index contributed by atoms with van der Waals surface area (Å²) < 4.78 is 5.89. The summed E-state index contributed by atoms with van der Waals surface area (Å²) in [5.74, 6) is -0.714. The minimum atomic E-state index is -1.15. The largest absolute Gasteiger partial charge is 0.494 e. The number of hydrogen-bond acceptors (Lipinski definition) is 8. The van der Waals surface area contributed by atoms with Crippen LogP contribution in [0.1, 0.15) is 79.9 Å². The van der Waals surface area contributed by atoms with E-state index in [9.17, 15) is 19.5 Å². The zero-order valence-corrected chi connectivity index (χ0v) is 31.4. The lowest BCUT2D eigenvalue weighted by atomic mass is 9.95. The number of carboxylic acids is 1. The van der Waals surface area contributed by atoms with Gasteiger partial charge in [0.1, 0.15) is 17.8 Å². The highest BCUT2D eigenvalue weighted by Gasteiger charge is 2.28. The topological polar surface area (TPSA) is 134 Å². The van der Waals surface area contributed by atoms with Gasteiger partial charge in [0.2, 0.25) is 5.91 Å². The van der Waals surface area contributed by atoms with Gasteiger partial charge in [-0.15, -0.1) is 11.3 Å². The van der Waals surface area contributed by atoms with Crippen LogP contribution in [0.25, 0.3) is 22.5 Å². The molecule has 0 spiro atoms. The van der Waals surface area contributed by atoms with E-state index in [0.29, 0.717) is 10.7 Å². The number of benzene rings is 2. The fourth-order valence-electron chi connectivity index (χ4n) is 5.42. The average molecular weight is 714 g/mol. The Hall–Kier alpha value is -4.61. The molecule has 51 heavy (non-hydrogen) atoms. The predicted molar refractivity (Wildman–Crippen MR) is 203 cm³/mol. The summed E-state index contributed by atoms with van der Waals surface area (Å²) in [7, 11) is 3.46. The van der Waals surface area contributed by atoms with Crippen molar-refractivity contribution in [3.05, 3.63) is 88.4 Å². The predicted octanol–water partition coefficient (Wildman–Crippen LogP) is 6.99. The molecule has 4 rings (SSSR count). The van der Waals surface area contributed by atoms with Gasteiger partial charge in [-0.2, -0.15) is 0 Å². The van der Waals surface area contributed by atoms with Crippen LogP contribution in [-0.2, 0) is 21.4 Å². The third-order valence-corrected chi connectivity index (χ3v) is 9.87. The molecule has 2 heterocycles. The fourth-order valence-corrected chi connectivity index (χ4v) is 6.38. The molecule has 2 aromatic carbocycles. The summed E-state index contributed by atoms with van der Waals surface area (Å²) in [5, 5.41) is 15.2. The zero-order chi connectivity index (χ0) is 37.0. The molecule has 0 bridgehead atoms. The Balaban J connectivity index is 1.43. The van der Waals surface area contributed by atoms with Crippen LogP contribution in [0.15, 0.2) is 73.1 Å². The van der Waals surface area contributed by atoms with Crippen molar-refractivity contribution in [2.24, 2.45) is 0 Å². The number of hydrogen-bond donors (Lipinski definition) is 3. The van der Waals surface area contributed by atoms with Crippen molar-refractivity contribution in [3.63, 3.8) is 0 Å². The number of ether oxygens (including phenoxy) is 1. The zero-order valence-electron chi connectivity index (χ0n) is 30.6. The van der Waals surface area contributed by atoms with Gasteiger partial charge in [0, 0.05) is 41.4 Å². The van der Waals surface area contributed by atoms with Crippen LogP contribution in [0.4, 0.5) is 0 Å². The van der Waals surface area contributed by atoms with E-state index in [4.69, 9.17) is 4.74 Å². The molecule has 0 fully saturated rings. The number of carbonyl (C=O) groups is 3. The van der Waals surface area contributed by atoms with E-state index in [2.05, 4.69) is 48.3 Å². The maximum Gasteiger partial charge on any atom is 0.327 e. The maximum atomic E-state index is 13.5. The van der Waals surface area contributed by atoms with Gasteiger partial charge >= 0.3 is 5.97 Å². The number of likely N-dealkylation sites (N-methyl/N-ethyl adjacent to an activating group) is 1. The summed E-state index contributed by atoms with van der Waals surface area (Å²) in [6.07, 6.45) is 9.74. The molecule has 272 valence electrons. The number of aliphatic carboxylic acids is 1. The third kappa shape index (κ3) is 12.0. The maximum absolute atomic E-state index is 13.5. The third-order valence-electron chi connectivity index (χ3n) is 8.36. The Bertz CT molecular complexity index is 1710. The highest BCUT2D eigenvalue weighted by molar-refractivity contribution is 7.14. The van der Waals surface area contributed by atoms with Crippen LogP contribution in [0, 0.1) is 0 Å². The quantitative estimate of drug-likeness (QED) is 0.0940. The Morgan fingerprint density at radius 1 is 0.824 bits per heavy atom. The van der Waals surface area contributed by atoms with Crippen molar-refractivity contribution in [1.29, 1.82) is 0 Å². The molecule has 0 saturated heterocycles. The van der Waals surface area contributed by atoms with Crippen molar-refractivity contribution < 1.29 is 24.2 Å². The van der Waals surface area contributed by atoms with Crippen LogP contribution >= 0.6 is 11.3 Å². The Morgan fingerprint density at radius 3 is 2.06 bits per heavy atom. The van der Waals surface area contributed by atoms with E-state index >= 15 is 0 Å². The van der Waals surface area contributed by atoms with Gasteiger partial charge in [-0.3, -0.25) is 9.59 Å². The van der Waals surface area contributed by atoms with Crippen molar-refractivity contribution in [1.82, 2.24) is 25.5 Å². The first-order chi connectivity index (χ1) is 24.3. The number of amides is 2. The van der Waals surface area contributed by atoms with Gasteiger partial charge < -0.3 is 25.4 Å². The summed E-state index contributed by atoms with van der Waals surface area (Å²) in [4.78, 5) is 51.1. The standard InChI is InChI=1S/C40H51N5O5S/c1-7-8-9-10-11-22-50-31-18-16-28(17-19-31)30-24-41-36(42-25-30)29-14-12-27(13-15-29)23-32(37(46)44-33(39(48)49)26-45(5)6)43-38(47)34-20-21-35(51-34)40(2,3)4/h12-21,24-25,32-33H,7-11,22-23,26H2,1-6H3,(H,43,47)(H,44,46)(H,48,49). The first kappa shape index (κ1) is 39.2. The van der Waals surface area contributed by atoms with Crippen molar-refractivity contribution in [2.45, 2.75) is 83.7 Å². The van der Waals surface area contributed by atoms with E-state index in [1.165, 1.54) is 37.0 Å². The highest BCUT2D eigenvalue weighted by Crippen LogP contribution is 2.29. The van der Waals surface area contributed by atoms with Gasteiger partial charge in [-0.1, -0.05) is 89.8 Å². The molecular formula is C40H51N5O5S. The van der Waals surface area contributed by atoms with Crippen LogP contribution in [-0.4, -0.2) is 77.1 Å². The fraction of sp³-hybridized carbons (Fsp3) is 0.425. The molecule has 2 unspecified atom stereocenters. The summed E-state index contributed by atoms with van der Waals surface area (Å²) in [6, 6.07) is 16.9. The lowest BCUT2D eigenvalue weighted by Crippen LogP contribution is -2.54. The van der Waals surface area contributed by atoms with Crippen molar-refractivity contribution in [3.8, 4) is 28.3 Å². The van der Waals surface area contributed by atoms with Crippen LogP contribution < -0.4 is 15.4 Å². The van der Waals surface area contributed by atoms with Crippen molar-refractivity contribution in [2.75, 3.05) is 27.2 Å². The molecule has 2 aromatic heterocycles. The van der Waals surface area contributed by atoms with Gasteiger partial charge in [-0.25, -0.2) is 14.8 Å². The smallest absolute Gasteiger partial charge is 0.327 e. The van der Waals surface area contributed by atoms with Gasteiger partial charge in [0.05, 0.1) is 11.5 Å². The van der Waals surface area contributed by atoms with Crippen LogP contribution in [0.2, 0.25) is 0 Å². The number of carbonyl (C=O) groups excluding carboxylic acids is 2. The molecule has 0 radical (unpaired) electrons. The second-order valence-corrected chi connectivity index (χ2v) is 15.2. The number of carboxylic acid groups (broad SMARTS) is 1. The van der Waals surface area contributed by atoms with E-state index in [-0.39, 0.29) is 24.3 Å². The minimum absolute atomic E-state index is 0.105. The van der Waals surface area contributed by atoms with E-state index in [1.54, 1.807) is 37.5 Å². The average Bonchev–Trinajstić information content (AvgIpc) is 3.62. The van der Waals surface area contributed by atoms with E-state index in [0.717, 1.165) is 45.9 Å². The summed E-state index contributed by atoms with van der Waals surface area (Å²) >= 11 is 1.38. The molecule has 0 aliphatic carbocycles. The summed E-state index contributed by atoms with van der Waals surface area (Å²) in [5.41, 5.74) is 3.33. The minimum Gasteiger partial charge on any atom is -0.494 e. The van der Waals surface area contributed by atoms with E-state index in [1.807, 2.05) is 54.6 Å². The second kappa shape index (κ2) is 18.6. The molecule has 11 heteroatoms. The van der Waals surface area contributed by atoms with Gasteiger partial charge in [0.15, 0.2) is 5.82 Å².